The number of rotatable bonds is 7. The number of carbonyl (C=O) groups is 3. The van der Waals surface area contributed by atoms with E-state index in [4.69, 9.17) is 4.74 Å². The highest BCUT2D eigenvalue weighted by Crippen LogP contribution is 2.20. The first-order valence-electron chi connectivity index (χ1n) is 9.69. The minimum atomic E-state index is -0.565. The van der Waals surface area contributed by atoms with Crippen LogP contribution in [-0.2, 0) is 27.2 Å². The van der Waals surface area contributed by atoms with Gasteiger partial charge in [0.15, 0.2) is 6.61 Å². The van der Waals surface area contributed by atoms with Crippen molar-refractivity contribution >= 4 is 29.1 Å². The standard InChI is InChI=1S/C21H25N3O4S/c1-2-15-7-3-4-10-18(15)28-14-19(25)22-23-21(27)17-9-5-11-24(17)20(26)13-16-8-6-12-29-16/h3-4,6-8,10,12,17H,2,5,9,11,13-14H2,1H3,(H,22,25)(H,23,27). The van der Waals surface area contributed by atoms with Gasteiger partial charge in [-0.3, -0.25) is 25.2 Å². The predicted octanol–water partition coefficient (Wildman–Crippen LogP) is 2.07. The number of hydrogen-bond donors (Lipinski definition) is 2. The van der Waals surface area contributed by atoms with E-state index in [0.29, 0.717) is 25.1 Å². The molecule has 0 saturated carbocycles. The van der Waals surface area contributed by atoms with Crippen LogP contribution in [0.4, 0.5) is 0 Å². The lowest BCUT2D eigenvalue weighted by molar-refractivity contribution is -0.139. The Hall–Kier alpha value is -2.87. The maximum absolute atomic E-state index is 12.5. The van der Waals surface area contributed by atoms with Gasteiger partial charge < -0.3 is 9.64 Å². The summed E-state index contributed by atoms with van der Waals surface area (Å²) in [7, 11) is 0. The Balaban J connectivity index is 1.46. The zero-order chi connectivity index (χ0) is 20.6. The van der Waals surface area contributed by atoms with Gasteiger partial charge in [0, 0.05) is 11.4 Å². The number of hydrogen-bond acceptors (Lipinski definition) is 5. The van der Waals surface area contributed by atoms with Gasteiger partial charge in [-0.2, -0.15) is 0 Å². The van der Waals surface area contributed by atoms with E-state index in [2.05, 4.69) is 10.9 Å². The summed E-state index contributed by atoms with van der Waals surface area (Å²) < 4.78 is 5.54. The molecule has 0 spiro atoms. The van der Waals surface area contributed by atoms with Gasteiger partial charge in [0.05, 0.1) is 6.42 Å². The van der Waals surface area contributed by atoms with Crippen molar-refractivity contribution in [2.75, 3.05) is 13.2 Å². The molecule has 1 saturated heterocycles. The molecular weight excluding hydrogens is 390 g/mol. The van der Waals surface area contributed by atoms with Crippen LogP contribution >= 0.6 is 11.3 Å². The van der Waals surface area contributed by atoms with Crippen molar-refractivity contribution in [1.82, 2.24) is 15.8 Å². The van der Waals surface area contributed by atoms with E-state index in [0.717, 1.165) is 23.3 Å². The fraction of sp³-hybridized carbons (Fsp3) is 0.381. The molecule has 1 fully saturated rings. The molecule has 1 aromatic carbocycles. The molecule has 0 aliphatic carbocycles. The number of aryl methyl sites for hydroxylation is 1. The molecule has 1 aromatic heterocycles. The first kappa shape index (κ1) is 20.9. The van der Waals surface area contributed by atoms with Crippen molar-refractivity contribution in [3.8, 4) is 5.75 Å². The Morgan fingerprint density at radius 3 is 2.76 bits per heavy atom. The van der Waals surface area contributed by atoms with Gasteiger partial charge in [0.2, 0.25) is 5.91 Å². The summed E-state index contributed by atoms with van der Waals surface area (Å²) in [6.07, 6.45) is 2.43. The van der Waals surface area contributed by atoms with Gasteiger partial charge in [0.25, 0.3) is 11.8 Å². The third-order valence-electron chi connectivity index (χ3n) is 4.82. The summed E-state index contributed by atoms with van der Waals surface area (Å²) in [5, 5.41) is 1.92. The molecule has 2 N–H and O–H groups in total. The molecule has 0 radical (unpaired) electrons. The monoisotopic (exact) mass is 415 g/mol. The number of ether oxygens (including phenoxy) is 1. The number of nitrogens with zero attached hydrogens (tertiary/aromatic N) is 1. The second-order valence-electron chi connectivity index (χ2n) is 6.79. The first-order valence-corrected chi connectivity index (χ1v) is 10.6. The van der Waals surface area contributed by atoms with Crippen molar-refractivity contribution in [2.24, 2.45) is 0 Å². The molecule has 1 aliphatic rings. The number of benzene rings is 1. The normalized spacial score (nSPS) is 15.8. The van der Waals surface area contributed by atoms with Gasteiger partial charge >= 0.3 is 0 Å². The van der Waals surface area contributed by atoms with E-state index >= 15 is 0 Å². The van der Waals surface area contributed by atoms with Crippen LogP contribution in [-0.4, -0.2) is 41.8 Å². The van der Waals surface area contributed by atoms with E-state index in [1.54, 1.807) is 11.0 Å². The predicted molar refractivity (Wildman–Crippen MR) is 110 cm³/mol. The Morgan fingerprint density at radius 2 is 2.00 bits per heavy atom. The Bertz CT molecular complexity index is 853. The van der Waals surface area contributed by atoms with Crippen LogP contribution in [0.2, 0.25) is 0 Å². The Labute approximate surface area is 174 Å². The molecule has 2 heterocycles. The molecule has 0 bridgehead atoms. The third kappa shape index (κ3) is 5.57. The number of hydrazine groups is 1. The molecule has 29 heavy (non-hydrogen) atoms. The fourth-order valence-electron chi connectivity index (χ4n) is 3.33. The molecule has 154 valence electrons. The fourth-order valence-corrected chi connectivity index (χ4v) is 4.03. The highest BCUT2D eigenvalue weighted by atomic mass is 32.1. The topological polar surface area (TPSA) is 87.7 Å². The highest BCUT2D eigenvalue weighted by molar-refractivity contribution is 7.10. The summed E-state index contributed by atoms with van der Waals surface area (Å²) in [4.78, 5) is 39.6. The maximum atomic E-state index is 12.5. The lowest BCUT2D eigenvalue weighted by Crippen LogP contribution is -2.52. The number of thiophene rings is 1. The van der Waals surface area contributed by atoms with Crippen molar-refractivity contribution in [2.45, 2.75) is 38.6 Å². The number of amides is 3. The third-order valence-corrected chi connectivity index (χ3v) is 5.70. The average Bonchev–Trinajstić information content (AvgIpc) is 3.42. The van der Waals surface area contributed by atoms with Crippen molar-refractivity contribution in [3.63, 3.8) is 0 Å². The number of para-hydroxylation sites is 1. The van der Waals surface area contributed by atoms with Gasteiger partial charge in [-0.15, -0.1) is 11.3 Å². The van der Waals surface area contributed by atoms with E-state index in [1.165, 1.54) is 11.3 Å². The van der Waals surface area contributed by atoms with E-state index in [-0.39, 0.29) is 18.4 Å². The average molecular weight is 416 g/mol. The zero-order valence-corrected chi connectivity index (χ0v) is 17.2. The minimum Gasteiger partial charge on any atom is -0.483 e. The van der Waals surface area contributed by atoms with Crippen LogP contribution in [0.1, 0.15) is 30.2 Å². The van der Waals surface area contributed by atoms with Crippen molar-refractivity contribution in [1.29, 1.82) is 0 Å². The van der Waals surface area contributed by atoms with Crippen LogP contribution in [0, 0.1) is 0 Å². The number of likely N-dealkylation sites (tertiary alicyclic amines) is 1. The molecule has 8 heteroatoms. The summed E-state index contributed by atoms with van der Waals surface area (Å²) in [5.41, 5.74) is 5.81. The SMILES string of the molecule is CCc1ccccc1OCC(=O)NNC(=O)C1CCCN1C(=O)Cc1cccs1. The van der Waals surface area contributed by atoms with Crippen LogP contribution in [0.5, 0.6) is 5.75 Å². The van der Waals surface area contributed by atoms with Gasteiger partial charge in [-0.05, 0) is 42.3 Å². The summed E-state index contributed by atoms with van der Waals surface area (Å²) in [6, 6.07) is 10.7. The van der Waals surface area contributed by atoms with Gasteiger partial charge in [-0.25, -0.2) is 0 Å². The minimum absolute atomic E-state index is 0.0732. The van der Waals surface area contributed by atoms with Crippen LogP contribution in [0.15, 0.2) is 41.8 Å². The molecule has 1 aliphatic heterocycles. The number of nitrogens with one attached hydrogen (secondary N) is 2. The quantitative estimate of drug-likeness (QED) is 0.678. The largest absolute Gasteiger partial charge is 0.483 e. The second kappa shape index (κ2) is 10.1. The Kier molecular flexibility index (Phi) is 7.24. The zero-order valence-electron chi connectivity index (χ0n) is 16.3. The van der Waals surface area contributed by atoms with Crippen LogP contribution < -0.4 is 15.6 Å². The molecule has 3 amide bonds. The molecule has 2 aromatic rings. The lowest BCUT2D eigenvalue weighted by atomic mass is 10.1. The maximum Gasteiger partial charge on any atom is 0.276 e. The first-order chi connectivity index (χ1) is 14.1. The smallest absolute Gasteiger partial charge is 0.276 e. The molecule has 1 unspecified atom stereocenters. The summed E-state index contributed by atoms with van der Waals surface area (Å²) >= 11 is 1.52. The van der Waals surface area contributed by atoms with Crippen LogP contribution in [0.25, 0.3) is 0 Å². The van der Waals surface area contributed by atoms with E-state index in [9.17, 15) is 14.4 Å². The Morgan fingerprint density at radius 1 is 1.17 bits per heavy atom. The van der Waals surface area contributed by atoms with Crippen molar-refractivity contribution < 1.29 is 19.1 Å². The van der Waals surface area contributed by atoms with E-state index in [1.807, 2.05) is 42.6 Å². The van der Waals surface area contributed by atoms with Crippen LogP contribution in [0.3, 0.4) is 0 Å². The second-order valence-corrected chi connectivity index (χ2v) is 7.82. The van der Waals surface area contributed by atoms with Gasteiger partial charge in [-0.1, -0.05) is 31.2 Å². The molecular formula is C21H25N3O4S. The molecule has 1 atom stereocenters. The van der Waals surface area contributed by atoms with Crippen molar-refractivity contribution in [3.05, 3.63) is 52.2 Å². The molecule has 7 nitrogen and oxygen atoms in total. The van der Waals surface area contributed by atoms with E-state index < -0.39 is 11.9 Å². The lowest BCUT2D eigenvalue weighted by Gasteiger charge is -2.24. The number of carbonyl (C=O) groups excluding carboxylic acids is 3. The summed E-state index contributed by atoms with van der Waals surface area (Å²) in [5.74, 6) is -0.267. The van der Waals surface area contributed by atoms with Gasteiger partial charge in [0.1, 0.15) is 11.8 Å². The molecule has 3 rings (SSSR count). The highest BCUT2D eigenvalue weighted by Gasteiger charge is 2.34. The summed E-state index contributed by atoms with van der Waals surface area (Å²) in [6.45, 7) is 2.35.